The summed E-state index contributed by atoms with van der Waals surface area (Å²) in [7, 11) is 1.77. The Morgan fingerprint density at radius 1 is 1.41 bits per heavy atom. The van der Waals surface area contributed by atoms with Crippen LogP contribution < -0.4 is 5.32 Å². The fraction of sp³-hybridized carbons (Fsp3) is 1.00. The molecule has 4 heteroatoms. The second-order valence-electron chi connectivity index (χ2n) is 5.03. The highest BCUT2D eigenvalue weighted by Gasteiger charge is 2.22. The molecule has 0 amide bonds. The number of morpholine rings is 1. The van der Waals surface area contributed by atoms with Crippen molar-refractivity contribution in [2.24, 2.45) is 0 Å². The zero-order chi connectivity index (χ0) is 12.5. The molecule has 1 aliphatic rings. The van der Waals surface area contributed by atoms with Gasteiger partial charge in [-0.05, 0) is 19.4 Å². The van der Waals surface area contributed by atoms with Crippen LogP contribution in [0.1, 0.15) is 26.7 Å². The van der Waals surface area contributed by atoms with Crippen LogP contribution in [0, 0.1) is 0 Å². The Kier molecular flexibility index (Phi) is 7.77. The van der Waals surface area contributed by atoms with Crippen LogP contribution in [0.4, 0.5) is 0 Å². The molecule has 0 aromatic rings. The molecule has 1 N–H and O–H groups in total. The van der Waals surface area contributed by atoms with Gasteiger partial charge < -0.3 is 14.8 Å². The van der Waals surface area contributed by atoms with E-state index in [-0.39, 0.29) is 0 Å². The predicted molar refractivity (Wildman–Crippen MR) is 70.4 cm³/mol. The number of ether oxygens (including phenoxy) is 2. The van der Waals surface area contributed by atoms with E-state index in [9.17, 15) is 0 Å². The Hall–Kier alpha value is -0.160. The summed E-state index contributed by atoms with van der Waals surface area (Å²) in [6, 6.07) is 1.08. The van der Waals surface area contributed by atoms with Crippen LogP contribution in [0.2, 0.25) is 0 Å². The van der Waals surface area contributed by atoms with Crippen LogP contribution in [0.25, 0.3) is 0 Å². The predicted octanol–water partition coefficient (Wildman–Crippen LogP) is 1.11. The van der Waals surface area contributed by atoms with E-state index in [2.05, 4.69) is 24.1 Å². The number of unbranched alkanes of at least 4 members (excludes halogenated alkanes) is 1. The maximum atomic E-state index is 5.57. The van der Waals surface area contributed by atoms with Gasteiger partial charge in [-0.25, -0.2) is 0 Å². The first kappa shape index (κ1) is 14.9. The molecule has 1 unspecified atom stereocenters. The Morgan fingerprint density at radius 2 is 2.24 bits per heavy atom. The SMILES string of the molecule is COCCCCN1CCOCC1CNC(C)C. The smallest absolute Gasteiger partial charge is 0.0634 e. The lowest BCUT2D eigenvalue weighted by atomic mass is 10.2. The van der Waals surface area contributed by atoms with E-state index >= 15 is 0 Å². The van der Waals surface area contributed by atoms with Gasteiger partial charge in [0.25, 0.3) is 0 Å². The van der Waals surface area contributed by atoms with E-state index < -0.39 is 0 Å². The lowest BCUT2D eigenvalue weighted by Crippen LogP contribution is -2.51. The molecule has 0 bridgehead atoms. The standard InChI is InChI=1S/C13H28N2O2/c1-12(2)14-10-13-11-17-9-7-15(13)6-4-5-8-16-3/h12-14H,4-11H2,1-3H3. The molecule has 1 atom stereocenters. The molecule has 0 spiro atoms. The van der Waals surface area contributed by atoms with E-state index in [0.29, 0.717) is 12.1 Å². The summed E-state index contributed by atoms with van der Waals surface area (Å²) in [6.45, 7) is 10.3. The fourth-order valence-corrected chi connectivity index (χ4v) is 2.10. The van der Waals surface area contributed by atoms with Crippen LogP contribution in [0.15, 0.2) is 0 Å². The van der Waals surface area contributed by atoms with E-state index in [0.717, 1.165) is 45.9 Å². The third-order valence-corrected chi connectivity index (χ3v) is 3.15. The summed E-state index contributed by atoms with van der Waals surface area (Å²) < 4.78 is 10.6. The van der Waals surface area contributed by atoms with Crippen molar-refractivity contribution in [1.29, 1.82) is 0 Å². The fourth-order valence-electron chi connectivity index (χ4n) is 2.10. The van der Waals surface area contributed by atoms with Crippen LogP contribution in [0.3, 0.4) is 0 Å². The van der Waals surface area contributed by atoms with E-state index in [4.69, 9.17) is 9.47 Å². The van der Waals surface area contributed by atoms with Gasteiger partial charge in [-0.1, -0.05) is 13.8 Å². The van der Waals surface area contributed by atoms with Crippen LogP contribution >= 0.6 is 0 Å². The zero-order valence-electron chi connectivity index (χ0n) is 11.6. The lowest BCUT2D eigenvalue weighted by molar-refractivity contribution is -0.00851. The highest BCUT2D eigenvalue weighted by atomic mass is 16.5. The minimum absolute atomic E-state index is 0.536. The Bertz CT molecular complexity index is 188. The molecule has 0 aliphatic carbocycles. The molecule has 0 aromatic heterocycles. The van der Waals surface area contributed by atoms with Crippen molar-refractivity contribution in [3.05, 3.63) is 0 Å². The number of nitrogens with zero attached hydrogens (tertiary/aromatic N) is 1. The average Bonchev–Trinajstić information content (AvgIpc) is 2.33. The van der Waals surface area contributed by atoms with Gasteiger partial charge in [0.05, 0.1) is 13.2 Å². The van der Waals surface area contributed by atoms with Gasteiger partial charge >= 0.3 is 0 Å². The molecule has 102 valence electrons. The summed E-state index contributed by atoms with van der Waals surface area (Å²) in [4.78, 5) is 2.55. The first-order valence-corrected chi connectivity index (χ1v) is 6.78. The molecule has 0 saturated carbocycles. The Balaban J connectivity index is 2.22. The summed E-state index contributed by atoms with van der Waals surface area (Å²) in [5.41, 5.74) is 0. The van der Waals surface area contributed by atoms with Gasteiger partial charge in [0.1, 0.15) is 0 Å². The summed E-state index contributed by atoms with van der Waals surface area (Å²) in [5, 5.41) is 3.50. The van der Waals surface area contributed by atoms with Crippen LogP contribution in [0.5, 0.6) is 0 Å². The van der Waals surface area contributed by atoms with E-state index in [1.807, 2.05) is 0 Å². The van der Waals surface area contributed by atoms with Crippen molar-refractivity contribution in [1.82, 2.24) is 10.2 Å². The quantitative estimate of drug-likeness (QED) is 0.649. The molecular weight excluding hydrogens is 216 g/mol. The zero-order valence-corrected chi connectivity index (χ0v) is 11.6. The van der Waals surface area contributed by atoms with Crippen molar-refractivity contribution in [3.8, 4) is 0 Å². The largest absolute Gasteiger partial charge is 0.385 e. The number of methoxy groups -OCH3 is 1. The monoisotopic (exact) mass is 244 g/mol. The first-order valence-electron chi connectivity index (χ1n) is 6.78. The molecule has 0 radical (unpaired) electrons. The van der Waals surface area contributed by atoms with Gasteiger partial charge in [-0.15, -0.1) is 0 Å². The van der Waals surface area contributed by atoms with Crippen molar-refractivity contribution in [2.45, 2.75) is 38.8 Å². The van der Waals surface area contributed by atoms with Crippen molar-refractivity contribution in [2.75, 3.05) is 46.6 Å². The molecule has 1 saturated heterocycles. The van der Waals surface area contributed by atoms with Gasteiger partial charge in [0.2, 0.25) is 0 Å². The minimum Gasteiger partial charge on any atom is -0.385 e. The van der Waals surface area contributed by atoms with Crippen molar-refractivity contribution in [3.63, 3.8) is 0 Å². The number of rotatable bonds is 8. The maximum Gasteiger partial charge on any atom is 0.0634 e. The number of nitrogens with one attached hydrogen (secondary N) is 1. The van der Waals surface area contributed by atoms with Gasteiger partial charge in [-0.2, -0.15) is 0 Å². The molecule has 0 aromatic carbocycles. The molecule has 17 heavy (non-hydrogen) atoms. The third-order valence-electron chi connectivity index (χ3n) is 3.15. The maximum absolute atomic E-state index is 5.57. The molecule has 1 fully saturated rings. The summed E-state index contributed by atoms with van der Waals surface area (Å²) in [6.07, 6.45) is 2.37. The highest BCUT2D eigenvalue weighted by molar-refractivity contribution is 4.78. The van der Waals surface area contributed by atoms with Gasteiger partial charge in [-0.3, -0.25) is 4.90 Å². The van der Waals surface area contributed by atoms with E-state index in [1.54, 1.807) is 7.11 Å². The van der Waals surface area contributed by atoms with Gasteiger partial charge in [0.15, 0.2) is 0 Å². The molecule has 4 nitrogen and oxygen atoms in total. The Labute approximate surface area is 106 Å². The van der Waals surface area contributed by atoms with Gasteiger partial charge in [0, 0.05) is 38.9 Å². The number of hydrogen-bond donors (Lipinski definition) is 1. The lowest BCUT2D eigenvalue weighted by Gasteiger charge is -2.36. The minimum atomic E-state index is 0.536. The topological polar surface area (TPSA) is 33.7 Å². The van der Waals surface area contributed by atoms with Crippen molar-refractivity contribution >= 4 is 0 Å². The Morgan fingerprint density at radius 3 is 2.94 bits per heavy atom. The summed E-state index contributed by atoms with van der Waals surface area (Å²) >= 11 is 0. The molecule has 1 heterocycles. The first-order chi connectivity index (χ1) is 8.24. The average molecular weight is 244 g/mol. The van der Waals surface area contributed by atoms with Crippen molar-refractivity contribution < 1.29 is 9.47 Å². The normalized spacial score (nSPS) is 22.2. The third kappa shape index (κ3) is 6.36. The molecule has 1 aliphatic heterocycles. The summed E-state index contributed by atoms with van der Waals surface area (Å²) in [5.74, 6) is 0. The molecule has 1 rings (SSSR count). The molecular formula is C13H28N2O2. The highest BCUT2D eigenvalue weighted by Crippen LogP contribution is 2.08. The number of hydrogen-bond acceptors (Lipinski definition) is 4. The van der Waals surface area contributed by atoms with E-state index in [1.165, 1.54) is 6.42 Å². The van der Waals surface area contributed by atoms with Crippen LogP contribution in [-0.2, 0) is 9.47 Å². The van der Waals surface area contributed by atoms with Crippen LogP contribution in [-0.4, -0.2) is 63.5 Å². The second kappa shape index (κ2) is 8.86. The second-order valence-corrected chi connectivity index (χ2v) is 5.03.